The van der Waals surface area contributed by atoms with E-state index in [0.717, 1.165) is 28.4 Å². The minimum absolute atomic E-state index is 0.115. The summed E-state index contributed by atoms with van der Waals surface area (Å²) in [5.41, 5.74) is 2.51. The fourth-order valence-electron chi connectivity index (χ4n) is 3.39. The number of rotatable bonds is 3. The maximum Gasteiger partial charge on any atom is 0.216 e. The zero-order valence-corrected chi connectivity index (χ0v) is 14.4. The Hall–Kier alpha value is -2.06. The Kier molecular flexibility index (Phi) is 3.54. The van der Waals surface area contributed by atoms with Crippen LogP contribution in [0.4, 0.5) is 0 Å². The van der Waals surface area contributed by atoms with Gasteiger partial charge in [-0.2, -0.15) is 0 Å². The fourth-order valence-corrected chi connectivity index (χ4v) is 4.73. The third-order valence-corrected chi connectivity index (χ3v) is 6.96. The van der Waals surface area contributed by atoms with E-state index in [0.29, 0.717) is 18.7 Å². The molecule has 24 heavy (non-hydrogen) atoms. The lowest BCUT2D eigenvalue weighted by Crippen LogP contribution is -2.34. The summed E-state index contributed by atoms with van der Waals surface area (Å²) < 4.78 is 26.5. The van der Waals surface area contributed by atoms with Gasteiger partial charge in [-0.25, -0.2) is 27.7 Å². The predicted molar refractivity (Wildman–Crippen MR) is 92.2 cm³/mol. The van der Waals surface area contributed by atoms with Crippen molar-refractivity contribution in [3.8, 4) is 0 Å². The number of pyridine rings is 1. The van der Waals surface area contributed by atoms with Gasteiger partial charge >= 0.3 is 0 Å². The van der Waals surface area contributed by atoms with Gasteiger partial charge < -0.3 is 4.98 Å². The van der Waals surface area contributed by atoms with E-state index >= 15 is 0 Å². The molecule has 1 unspecified atom stereocenters. The van der Waals surface area contributed by atoms with E-state index in [1.54, 1.807) is 36.9 Å². The predicted octanol–water partition coefficient (Wildman–Crippen LogP) is 2.03. The molecule has 1 atom stereocenters. The van der Waals surface area contributed by atoms with Gasteiger partial charge in [0.05, 0.1) is 23.3 Å². The molecule has 4 rings (SSSR count). The van der Waals surface area contributed by atoms with Crippen molar-refractivity contribution in [1.29, 1.82) is 0 Å². The highest BCUT2D eigenvalue weighted by Gasteiger charge is 2.35. The van der Waals surface area contributed by atoms with Crippen molar-refractivity contribution in [2.75, 3.05) is 13.1 Å². The molecule has 0 bridgehead atoms. The number of aromatic nitrogens is 4. The van der Waals surface area contributed by atoms with Crippen LogP contribution in [0.1, 0.15) is 31.9 Å². The molecule has 0 aliphatic carbocycles. The van der Waals surface area contributed by atoms with E-state index in [-0.39, 0.29) is 5.92 Å². The molecule has 3 aromatic rings. The molecule has 1 fully saturated rings. The number of sulfonamides is 1. The molecule has 0 saturated carbocycles. The Bertz CT molecular complexity index is 1010. The number of nitrogens with one attached hydrogen (secondary N) is 1. The molecular weight excluding hydrogens is 326 g/mol. The van der Waals surface area contributed by atoms with Gasteiger partial charge in [0.1, 0.15) is 0 Å². The molecule has 1 aliphatic rings. The zero-order chi connectivity index (χ0) is 16.9. The monoisotopic (exact) mass is 345 g/mol. The summed E-state index contributed by atoms with van der Waals surface area (Å²) >= 11 is 0. The molecule has 1 saturated heterocycles. The van der Waals surface area contributed by atoms with E-state index in [2.05, 4.69) is 19.9 Å². The van der Waals surface area contributed by atoms with Crippen molar-refractivity contribution >= 4 is 32.0 Å². The highest BCUT2D eigenvalue weighted by Crippen LogP contribution is 2.34. The third-order valence-electron chi connectivity index (χ3n) is 4.72. The number of hydrogen-bond donors (Lipinski definition) is 1. The smallest absolute Gasteiger partial charge is 0.216 e. The first kappa shape index (κ1) is 15.5. The highest BCUT2D eigenvalue weighted by atomic mass is 32.2. The van der Waals surface area contributed by atoms with Crippen LogP contribution in [0.2, 0.25) is 0 Å². The van der Waals surface area contributed by atoms with Crippen LogP contribution >= 0.6 is 0 Å². The van der Waals surface area contributed by atoms with Gasteiger partial charge in [-0.15, -0.1) is 0 Å². The topological polar surface area (TPSA) is 91.8 Å². The van der Waals surface area contributed by atoms with Gasteiger partial charge in [-0.1, -0.05) is 0 Å². The molecule has 8 heteroatoms. The van der Waals surface area contributed by atoms with Crippen LogP contribution in [0.5, 0.6) is 0 Å². The maximum atomic E-state index is 12.4. The van der Waals surface area contributed by atoms with Gasteiger partial charge in [0.25, 0.3) is 0 Å². The van der Waals surface area contributed by atoms with E-state index in [1.165, 1.54) is 0 Å². The van der Waals surface area contributed by atoms with E-state index in [9.17, 15) is 8.42 Å². The van der Waals surface area contributed by atoms with Crippen LogP contribution in [0.15, 0.2) is 24.8 Å². The van der Waals surface area contributed by atoms with Gasteiger partial charge in [0, 0.05) is 41.7 Å². The molecule has 0 spiro atoms. The Labute approximate surface area is 140 Å². The number of aromatic amines is 1. The fraction of sp³-hybridized carbons (Fsp3) is 0.438. The summed E-state index contributed by atoms with van der Waals surface area (Å²) in [6.45, 7) is 4.49. The molecule has 0 amide bonds. The molecule has 7 nitrogen and oxygen atoms in total. The van der Waals surface area contributed by atoms with Gasteiger partial charge in [0.15, 0.2) is 5.65 Å². The van der Waals surface area contributed by atoms with E-state index < -0.39 is 15.3 Å². The van der Waals surface area contributed by atoms with Crippen molar-refractivity contribution in [3.63, 3.8) is 0 Å². The van der Waals surface area contributed by atoms with Gasteiger partial charge in [-0.3, -0.25) is 0 Å². The second-order valence-corrected chi connectivity index (χ2v) is 8.94. The number of hydrogen-bond acceptors (Lipinski definition) is 5. The first-order valence-electron chi connectivity index (χ1n) is 8.04. The Morgan fingerprint density at radius 2 is 2.12 bits per heavy atom. The largest absolute Gasteiger partial charge is 0.349 e. The second-order valence-electron chi connectivity index (χ2n) is 6.45. The lowest BCUT2D eigenvalue weighted by molar-refractivity contribution is 0.465. The lowest BCUT2D eigenvalue weighted by atomic mass is 9.99. The Morgan fingerprint density at radius 1 is 1.29 bits per heavy atom. The van der Waals surface area contributed by atoms with Gasteiger partial charge in [-0.05, 0) is 26.3 Å². The molecule has 4 heterocycles. The summed E-state index contributed by atoms with van der Waals surface area (Å²) in [5, 5.41) is 1.55. The average Bonchev–Trinajstić information content (AvgIpc) is 3.23. The first-order valence-corrected chi connectivity index (χ1v) is 9.54. The van der Waals surface area contributed by atoms with Crippen molar-refractivity contribution < 1.29 is 8.42 Å². The van der Waals surface area contributed by atoms with Crippen LogP contribution in [-0.4, -0.2) is 51.0 Å². The van der Waals surface area contributed by atoms with Crippen LogP contribution in [0.3, 0.4) is 0 Å². The maximum absolute atomic E-state index is 12.4. The molecule has 3 aromatic heterocycles. The number of H-pyrrole nitrogens is 1. The SMILES string of the molecule is CC(C)S(=O)(=O)N1CCC(c2[nH]cnc3cnc4nccc4c23)C1. The molecule has 0 radical (unpaired) electrons. The van der Waals surface area contributed by atoms with Gasteiger partial charge in [0.2, 0.25) is 10.0 Å². The van der Waals surface area contributed by atoms with E-state index in [4.69, 9.17) is 0 Å². The molecular formula is C16H19N5O2S. The number of fused-ring (bicyclic) bond motifs is 3. The summed E-state index contributed by atoms with van der Waals surface area (Å²) in [6.07, 6.45) is 5.90. The normalized spacial score (nSPS) is 19.7. The van der Waals surface area contributed by atoms with Crippen molar-refractivity contribution in [1.82, 2.24) is 24.2 Å². The Morgan fingerprint density at radius 3 is 2.92 bits per heavy atom. The number of nitrogens with zero attached hydrogens (tertiary/aromatic N) is 4. The second kappa shape index (κ2) is 5.49. The van der Waals surface area contributed by atoms with Crippen LogP contribution in [0, 0.1) is 0 Å². The summed E-state index contributed by atoms with van der Waals surface area (Å²) in [7, 11) is -3.22. The molecule has 126 valence electrons. The standard InChI is InChI=1S/C16H19N5O2S/c1-10(2)24(22,23)21-6-4-11(8-21)15-14-12-3-5-17-16(12)18-7-13(14)19-9-20-15/h3,5,7,9-11H,4,6,8H2,1-2H3,(H,19,20). The van der Waals surface area contributed by atoms with Crippen LogP contribution in [-0.2, 0) is 10.0 Å². The summed E-state index contributed by atoms with van der Waals surface area (Å²) in [6, 6.07) is 1.93. The molecule has 0 aromatic carbocycles. The zero-order valence-electron chi connectivity index (χ0n) is 13.6. The van der Waals surface area contributed by atoms with Crippen molar-refractivity contribution in [2.24, 2.45) is 0 Å². The van der Waals surface area contributed by atoms with Crippen LogP contribution in [0.25, 0.3) is 21.9 Å². The van der Waals surface area contributed by atoms with E-state index in [1.807, 2.05) is 6.07 Å². The minimum atomic E-state index is -3.22. The molecule has 1 aliphatic heterocycles. The lowest BCUT2D eigenvalue weighted by Gasteiger charge is -2.19. The van der Waals surface area contributed by atoms with Crippen LogP contribution < -0.4 is 0 Å². The third kappa shape index (κ3) is 2.29. The average molecular weight is 345 g/mol. The quantitative estimate of drug-likeness (QED) is 0.784. The van der Waals surface area contributed by atoms with Crippen molar-refractivity contribution in [2.45, 2.75) is 31.4 Å². The minimum Gasteiger partial charge on any atom is -0.349 e. The highest BCUT2D eigenvalue weighted by molar-refractivity contribution is 7.89. The first-order chi connectivity index (χ1) is 11.5. The summed E-state index contributed by atoms with van der Waals surface area (Å²) in [4.78, 5) is 16.2. The Balaban J connectivity index is 1.79. The molecule has 1 N–H and O–H groups in total. The summed E-state index contributed by atoms with van der Waals surface area (Å²) in [5.74, 6) is 0.115. The van der Waals surface area contributed by atoms with Crippen molar-refractivity contribution in [3.05, 3.63) is 30.5 Å².